The molecule has 0 atom stereocenters. The monoisotopic (exact) mass is 362 g/mol. The molecule has 3 nitrogen and oxygen atoms in total. The molecule has 26 heavy (non-hydrogen) atoms. The van der Waals surface area contributed by atoms with Gasteiger partial charge in [-0.05, 0) is 54.2 Å². The average Bonchev–Trinajstić information content (AvgIpc) is 2.53. The second kappa shape index (κ2) is 6.20. The molecule has 2 aromatic rings. The van der Waals surface area contributed by atoms with Crippen LogP contribution in [0.1, 0.15) is 29.9 Å². The van der Waals surface area contributed by atoms with E-state index >= 15 is 0 Å². The SMILES string of the molecule is NCc1ccc(C2CC3(C2)CN(c2ccc(OC(F)(F)F)cc2)C3)cc1. The van der Waals surface area contributed by atoms with Crippen molar-refractivity contribution in [3.05, 3.63) is 59.7 Å². The molecule has 0 radical (unpaired) electrons. The fraction of sp³-hybridized carbons (Fsp3) is 0.400. The van der Waals surface area contributed by atoms with Gasteiger partial charge in [-0.1, -0.05) is 24.3 Å². The van der Waals surface area contributed by atoms with Gasteiger partial charge in [0.05, 0.1) is 0 Å². The van der Waals surface area contributed by atoms with E-state index in [1.165, 1.54) is 30.5 Å². The summed E-state index contributed by atoms with van der Waals surface area (Å²) in [7, 11) is 0. The summed E-state index contributed by atoms with van der Waals surface area (Å²) in [6.07, 6.45) is -2.31. The zero-order valence-corrected chi connectivity index (χ0v) is 14.3. The van der Waals surface area contributed by atoms with Gasteiger partial charge in [0.1, 0.15) is 5.75 Å². The van der Waals surface area contributed by atoms with Crippen LogP contribution in [-0.2, 0) is 6.54 Å². The molecular weight excluding hydrogens is 341 g/mol. The molecule has 2 aliphatic rings. The molecule has 2 fully saturated rings. The Balaban J connectivity index is 1.30. The second-order valence-electron chi connectivity index (χ2n) is 7.45. The first-order chi connectivity index (χ1) is 12.4. The third-order valence-electron chi connectivity index (χ3n) is 5.53. The van der Waals surface area contributed by atoms with Crippen molar-refractivity contribution in [3.8, 4) is 5.75 Å². The maximum atomic E-state index is 12.2. The van der Waals surface area contributed by atoms with Gasteiger partial charge in [0.25, 0.3) is 0 Å². The molecule has 0 bridgehead atoms. The molecule has 0 amide bonds. The summed E-state index contributed by atoms with van der Waals surface area (Å²) in [5, 5.41) is 0. The van der Waals surface area contributed by atoms with E-state index in [0.29, 0.717) is 17.9 Å². The molecule has 1 aliphatic heterocycles. The molecular formula is C20H21F3N2O. The number of rotatable bonds is 4. The summed E-state index contributed by atoms with van der Waals surface area (Å²) in [5.41, 5.74) is 9.47. The van der Waals surface area contributed by atoms with Crippen molar-refractivity contribution in [2.45, 2.75) is 31.7 Å². The number of nitrogens with two attached hydrogens (primary N) is 1. The minimum Gasteiger partial charge on any atom is -0.406 e. The zero-order chi connectivity index (χ0) is 18.4. The number of halogens is 3. The van der Waals surface area contributed by atoms with E-state index in [0.717, 1.165) is 24.3 Å². The van der Waals surface area contributed by atoms with E-state index in [9.17, 15) is 13.2 Å². The summed E-state index contributed by atoms with van der Waals surface area (Å²) in [4.78, 5) is 2.21. The third kappa shape index (κ3) is 3.38. The number of alkyl halides is 3. The quantitative estimate of drug-likeness (QED) is 0.875. The van der Waals surface area contributed by atoms with E-state index in [2.05, 4.69) is 33.9 Å². The molecule has 1 heterocycles. The van der Waals surface area contributed by atoms with Crippen LogP contribution in [0.25, 0.3) is 0 Å². The Kier molecular flexibility index (Phi) is 4.10. The molecule has 1 spiro atoms. The third-order valence-corrected chi connectivity index (χ3v) is 5.53. The first kappa shape index (κ1) is 17.2. The predicted octanol–water partition coefficient (Wildman–Crippen LogP) is 4.43. The topological polar surface area (TPSA) is 38.5 Å². The molecule has 2 N–H and O–H groups in total. The number of ether oxygens (including phenoxy) is 1. The molecule has 2 aromatic carbocycles. The normalized spacial score (nSPS) is 19.2. The van der Waals surface area contributed by atoms with Crippen molar-refractivity contribution in [3.63, 3.8) is 0 Å². The Morgan fingerprint density at radius 2 is 1.62 bits per heavy atom. The van der Waals surface area contributed by atoms with Crippen molar-refractivity contribution < 1.29 is 17.9 Å². The lowest BCUT2D eigenvalue weighted by atomic mass is 9.56. The van der Waals surface area contributed by atoms with E-state index in [1.807, 2.05) is 0 Å². The van der Waals surface area contributed by atoms with Gasteiger partial charge in [0.2, 0.25) is 0 Å². The van der Waals surface area contributed by atoms with Crippen molar-refractivity contribution >= 4 is 5.69 Å². The van der Waals surface area contributed by atoms with Gasteiger partial charge in [-0.3, -0.25) is 0 Å². The number of hydrogen-bond donors (Lipinski definition) is 1. The Morgan fingerprint density at radius 1 is 1.00 bits per heavy atom. The zero-order valence-electron chi connectivity index (χ0n) is 14.3. The van der Waals surface area contributed by atoms with Crippen molar-refractivity contribution in [1.82, 2.24) is 0 Å². The van der Waals surface area contributed by atoms with Crippen LogP contribution in [0.2, 0.25) is 0 Å². The highest BCUT2D eigenvalue weighted by Gasteiger charge is 2.52. The van der Waals surface area contributed by atoms with Gasteiger partial charge in [0.15, 0.2) is 0 Å². The first-order valence-corrected chi connectivity index (χ1v) is 8.76. The predicted molar refractivity (Wildman–Crippen MR) is 94.1 cm³/mol. The van der Waals surface area contributed by atoms with Gasteiger partial charge in [-0.15, -0.1) is 13.2 Å². The maximum absolute atomic E-state index is 12.2. The minimum absolute atomic E-state index is 0.180. The molecule has 0 aromatic heterocycles. The maximum Gasteiger partial charge on any atom is 0.573 e. The van der Waals surface area contributed by atoms with E-state index < -0.39 is 6.36 Å². The lowest BCUT2D eigenvalue weighted by molar-refractivity contribution is -0.274. The summed E-state index contributed by atoms with van der Waals surface area (Å²) in [5.74, 6) is 0.424. The minimum atomic E-state index is -4.65. The fourth-order valence-electron chi connectivity index (χ4n) is 4.21. The van der Waals surface area contributed by atoms with Crippen molar-refractivity contribution in [2.24, 2.45) is 11.1 Å². The number of hydrogen-bond acceptors (Lipinski definition) is 3. The molecule has 1 aliphatic carbocycles. The summed E-state index contributed by atoms with van der Waals surface area (Å²) < 4.78 is 40.6. The Morgan fingerprint density at radius 3 is 2.15 bits per heavy atom. The van der Waals surface area contributed by atoms with Crippen LogP contribution in [-0.4, -0.2) is 19.5 Å². The van der Waals surface area contributed by atoms with Gasteiger partial charge in [0, 0.05) is 30.7 Å². The number of nitrogens with zero attached hydrogens (tertiary/aromatic N) is 1. The van der Waals surface area contributed by atoms with Crippen LogP contribution < -0.4 is 15.4 Å². The number of benzene rings is 2. The van der Waals surface area contributed by atoms with Crippen LogP contribution in [0.4, 0.5) is 18.9 Å². The Labute approximate surface area is 150 Å². The lowest BCUT2D eigenvalue weighted by Crippen LogP contribution is -2.61. The second-order valence-corrected chi connectivity index (χ2v) is 7.45. The lowest BCUT2D eigenvalue weighted by Gasteiger charge is -2.60. The highest BCUT2D eigenvalue weighted by Crippen LogP contribution is 2.56. The Bertz CT molecular complexity index is 757. The van der Waals surface area contributed by atoms with Gasteiger partial charge < -0.3 is 15.4 Å². The highest BCUT2D eigenvalue weighted by molar-refractivity contribution is 5.53. The van der Waals surface area contributed by atoms with Gasteiger partial charge >= 0.3 is 6.36 Å². The van der Waals surface area contributed by atoms with Crippen LogP contribution in [0.15, 0.2) is 48.5 Å². The van der Waals surface area contributed by atoms with Crippen LogP contribution in [0.3, 0.4) is 0 Å². The molecule has 4 rings (SSSR count). The van der Waals surface area contributed by atoms with E-state index in [4.69, 9.17) is 5.73 Å². The fourth-order valence-corrected chi connectivity index (χ4v) is 4.21. The molecule has 0 unspecified atom stereocenters. The average molecular weight is 362 g/mol. The first-order valence-electron chi connectivity index (χ1n) is 8.76. The van der Waals surface area contributed by atoms with Crippen LogP contribution >= 0.6 is 0 Å². The van der Waals surface area contributed by atoms with Crippen molar-refractivity contribution in [1.29, 1.82) is 0 Å². The summed E-state index contributed by atoms with van der Waals surface area (Å²) in [6, 6.07) is 14.7. The molecule has 138 valence electrons. The largest absolute Gasteiger partial charge is 0.573 e. The molecule has 6 heteroatoms. The molecule has 1 saturated carbocycles. The molecule has 1 saturated heterocycles. The van der Waals surface area contributed by atoms with Crippen molar-refractivity contribution in [2.75, 3.05) is 18.0 Å². The van der Waals surface area contributed by atoms with Crippen LogP contribution in [0.5, 0.6) is 5.75 Å². The standard InChI is InChI=1S/C20H21F3N2O/c21-20(22,23)26-18-7-5-17(6-8-18)25-12-19(13-25)9-16(10-19)15-3-1-14(11-24)2-4-15/h1-8,16H,9-13,24H2. The van der Waals surface area contributed by atoms with E-state index in [-0.39, 0.29) is 5.75 Å². The van der Waals surface area contributed by atoms with Gasteiger partial charge in [-0.25, -0.2) is 0 Å². The number of anilines is 1. The summed E-state index contributed by atoms with van der Waals surface area (Å²) in [6.45, 7) is 2.49. The van der Waals surface area contributed by atoms with Crippen LogP contribution in [0, 0.1) is 5.41 Å². The summed E-state index contributed by atoms with van der Waals surface area (Å²) >= 11 is 0. The Hall–Kier alpha value is -2.21. The smallest absolute Gasteiger partial charge is 0.406 e. The highest BCUT2D eigenvalue weighted by atomic mass is 19.4. The van der Waals surface area contributed by atoms with Gasteiger partial charge in [-0.2, -0.15) is 0 Å². The van der Waals surface area contributed by atoms with E-state index in [1.54, 1.807) is 12.1 Å².